The van der Waals surface area contributed by atoms with Crippen molar-refractivity contribution < 1.29 is 19.1 Å². The third kappa shape index (κ3) is 5.24. The van der Waals surface area contributed by atoms with Crippen molar-refractivity contribution in [3.05, 3.63) is 34.9 Å². The van der Waals surface area contributed by atoms with Gasteiger partial charge in [0.15, 0.2) is 11.9 Å². The molecule has 0 aliphatic heterocycles. The number of hydrogen-bond donors (Lipinski definition) is 1. The molecule has 130 valence electrons. The normalized spacial score (nSPS) is 18.2. The lowest BCUT2D eigenvalue weighted by molar-refractivity contribution is -0.155. The summed E-state index contributed by atoms with van der Waals surface area (Å²) in [6, 6.07) is 5.64. The molecule has 24 heavy (non-hydrogen) atoms. The first-order valence-electron chi connectivity index (χ1n) is 7.80. The minimum Gasteiger partial charge on any atom is -0.453 e. The summed E-state index contributed by atoms with van der Waals surface area (Å²) in [6.45, 7) is 0. The molecule has 1 amide bonds. The van der Waals surface area contributed by atoms with Crippen LogP contribution >= 0.6 is 23.4 Å². The van der Waals surface area contributed by atoms with Gasteiger partial charge in [-0.15, -0.1) is 0 Å². The van der Waals surface area contributed by atoms with E-state index < -0.39 is 18.1 Å². The quantitative estimate of drug-likeness (QED) is 0.748. The Kier molecular flexibility index (Phi) is 7.12. The van der Waals surface area contributed by atoms with Crippen LogP contribution in [0.4, 0.5) is 0 Å². The zero-order chi connectivity index (χ0) is 17.5. The largest absolute Gasteiger partial charge is 0.453 e. The number of ether oxygens (including phenoxy) is 1. The molecule has 1 fully saturated rings. The number of thioether (sulfide) groups is 1. The lowest BCUT2D eigenvalue weighted by atomic mass is 10.1. The van der Waals surface area contributed by atoms with E-state index in [0.29, 0.717) is 35.6 Å². The summed E-state index contributed by atoms with van der Waals surface area (Å²) in [5, 5.41) is 3.23. The number of esters is 1. The van der Waals surface area contributed by atoms with Gasteiger partial charge in [-0.3, -0.25) is 9.59 Å². The smallest absolute Gasteiger partial charge is 0.329 e. The van der Waals surface area contributed by atoms with Gasteiger partial charge in [0.2, 0.25) is 0 Å². The summed E-state index contributed by atoms with van der Waals surface area (Å²) in [5.74, 6) is -0.269. The van der Waals surface area contributed by atoms with E-state index in [1.807, 2.05) is 6.26 Å². The topological polar surface area (TPSA) is 72.5 Å². The van der Waals surface area contributed by atoms with Gasteiger partial charge in [0.05, 0.1) is 0 Å². The van der Waals surface area contributed by atoms with Crippen LogP contribution in [0, 0.1) is 0 Å². The van der Waals surface area contributed by atoms with Gasteiger partial charge in [-0.25, -0.2) is 4.79 Å². The Morgan fingerprint density at radius 1 is 1.38 bits per heavy atom. The molecule has 1 aliphatic rings. The van der Waals surface area contributed by atoms with E-state index in [2.05, 4.69) is 5.32 Å². The van der Waals surface area contributed by atoms with Crippen LogP contribution in [-0.4, -0.2) is 41.8 Å². The minimum absolute atomic E-state index is 0.0454. The average Bonchev–Trinajstić information content (AvgIpc) is 2.96. The molecule has 7 heteroatoms. The average molecular weight is 370 g/mol. The Morgan fingerprint density at radius 2 is 2.08 bits per heavy atom. The van der Waals surface area contributed by atoms with Gasteiger partial charge < -0.3 is 10.1 Å². The summed E-state index contributed by atoms with van der Waals surface area (Å²) >= 11 is 7.38. The summed E-state index contributed by atoms with van der Waals surface area (Å²) in [5.41, 5.74) is 0.415. The number of halogens is 1. The van der Waals surface area contributed by atoms with E-state index >= 15 is 0 Å². The molecule has 5 nitrogen and oxygen atoms in total. The van der Waals surface area contributed by atoms with Crippen LogP contribution in [0.15, 0.2) is 24.3 Å². The van der Waals surface area contributed by atoms with E-state index in [9.17, 15) is 14.4 Å². The van der Waals surface area contributed by atoms with E-state index in [4.69, 9.17) is 16.3 Å². The third-order valence-corrected chi connectivity index (χ3v) is 4.71. The maximum atomic E-state index is 12.4. The zero-order valence-electron chi connectivity index (χ0n) is 13.4. The Hall–Kier alpha value is -1.53. The fraction of sp³-hybridized carbons (Fsp3) is 0.471. The van der Waals surface area contributed by atoms with E-state index in [0.717, 1.165) is 6.42 Å². The molecule has 1 aliphatic carbocycles. The molecule has 0 radical (unpaired) electrons. The fourth-order valence-electron chi connectivity index (χ4n) is 2.46. The number of Topliss-reactive ketones (excluding diaryl/α,β-unsaturated/α-hetero) is 1. The second kappa shape index (κ2) is 9.08. The molecule has 0 heterocycles. The van der Waals surface area contributed by atoms with Crippen molar-refractivity contribution in [2.24, 2.45) is 0 Å². The summed E-state index contributed by atoms with van der Waals surface area (Å²) < 4.78 is 5.31. The highest BCUT2D eigenvalue weighted by Gasteiger charge is 2.31. The first-order chi connectivity index (χ1) is 11.5. The van der Waals surface area contributed by atoms with Crippen LogP contribution in [0.1, 0.15) is 36.0 Å². The van der Waals surface area contributed by atoms with Crippen LogP contribution in [0.5, 0.6) is 0 Å². The van der Waals surface area contributed by atoms with Gasteiger partial charge in [0, 0.05) is 17.0 Å². The molecule has 1 aromatic carbocycles. The van der Waals surface area contributed by atoms with Crippen molar-refractivity contribution in [1.29, 1.82) is 0 Å². The van der Waals surface area contributed by atoms with Crippen LogP contribution in [0.3, 0.4) is 0 Å². The fourth-order valence-corrected chi connectivity index (χ4v) is 3.06. The minimum atomic E-state index is -0.769. The van der Waals surface area contributed by atoms with Gasteiger partial charge in [-0.1, -0.05) is 11.6 Å². The standard InChI is InChI=1S/C17H20ClNO4S/c1-24-10-9-13(17(22)23-15-4-2-3-14(15)20)19-16(21)11-5-7-12(18)8-6-11/h5-8,13,15H,2-4,9-10H2,1H3,(H,19,21)/t13-,15+/m0/s1. The lowest BCUT2D eigenvalue weighted by Crippen LogP contribution is -2.43. The van der Waals surface area contributed by atoms with Gasteiger partial charge in [0.25, 0.3) is 5.91 Å². The molecule has 2 rings (SSSR count). The number of hydrogen-bond acceptors (Lipinski definition) is 5. The number of nitrogens with one attached hydrogen (secondary N) is 1. The highest BCUT2D eigenvalue weighted by Crippen LogP contribution is 2.19. The van der Waals surface area contributed by atoms with E-state index in [1.165, 1.54) is 0 Å². The molecular weight excluding hydrogens is 350 g/mol. The number of amides is 1. The van der Waals surface area contributed by atoms with Crippen molar-refractivity contribution in [2.75, 3.05) is 12.0 Å². The van der Waals surface area contributed by atoms with Crippen LogP contribution < -0.4 is 5.32 Å². The predicted molar refractivity (Wildman–Crippen MR) is 94.4 cm³/mol. The number of benzene rings is 1. The number of carbonyl (C=O) groups excluding carboxylic acids is 3. The predicted octanol–water partition coefficient (Wildman–Crippen LogP) is 2.86. The first-order valence-corrected chi connectivity index (χ1v) is 9.57. The highest BCUT2D eigenvalue weighted by molar-refractivity contribution is 7.98. The highest BCUT2D eigenvalue weighted by atomic mass is 35.5. The van der Waals surface area contributed by atoms with Gasteiger partial charge in [-0.2, -0.15) is 11.8 Å². The summed E-state index contributed by atoms with van der Waals surface area (Å²) in [6.07, 6.45) is 3.45. The third-order valence-electron chi connectivity index (χ3n) is 3.81. The number of rotatable bonds is 7. The number of ketones is 1. The van der Waals surface area contributed by atoms with Crippen molar-refractivity contribution in [3.8, 4) is 0 Å². The van der Waals surface area contributed by atoms with Crippen molar-refractivity contribution in [2.45, 2.75) is 37.8 Å². The number of carbonyl (C=O) groups is 3. The van der Waals surface area contributed by atoms with E-state index in [-0.39, 0.29) is 11.7 Å². The second-order valence-electron chi connectivity index (χ2n) is 5.60. The molecule has 1 N–H and O–H groups in total. The van der Waals surface area contributed by atoms with Crippen molar-refractivity contribution >= 4 is 41.0 Å². The monoisotopic (exact) mass is 369 g/mol. The Balaban J connectivity index is 2.00. The summed E-state index contributed by atoms with van der Waals surface area (Å²) in [4.78, 5) is 36.3. The van der Waals surface area contributed by atoms with Crippen LogP contribution in [0.25, 0.3) is 0 Å². The molecule has 0 unspecified atom stereocenters. The maximum absolute atomic E-state index is 12.4. The van der Waals surface area contributed by atoms with Gasteiger partial charge >= 0.3 is 5.97 Å². The maximum Gasteiger partial charge on any atom is 0.329 e. The van der Waals surface area contributed by atoms with Crippen molar-refractivity contribution in [1.82, 2.24) is 5.32 Å². The molecule has 0 aromatic heterocycles. The molecule has 0 saturated heterocycles. The Bertz CT molecular complexity index is 605. The SMILES string of the molecule is CSCC[C@H](NC(=O)c1ccc(Cl)cc1)C(=O)O[C@@H]1CCCC1=O. The Morgan fingerprint density at radius 3 is 2.67 bits per heavy atom. The van der Waals surface area contributed by atoms with E-state index in [1.54, 1.807) is 36.0 Å². The molecule has 0 spiro atoms. The van der Waals surface area contributed by atoms with Crippen LogP contribution in [0.2, 0.25) is 5.02 Å². The second-order valence-corrected chi connectivity index (χ2v) is 7.02. The molecular formula is C17H20ClNO4S. The first kappa shape index (κ1) is 18.8. The van der Waals surface area contributed by atoms with Crippen molar-refractivity contribution in [3.63, 3.8) is 0 Å². The lowest BCUT2D eigenvalue weighted by Gasteiger charge is -2.19. The van der Waals surface area contributed by atoms with Gasteiger partial charge in [0.1, 0.15) is 6.04 Å². The Labute approximate surface area is 150 Å². The summed E-state index contributed by atoms with van der Waals surface area (Å²) in [7, 11) is 0. The molecule has 0 bridgehead atoms. The molecule has 2 atom stereocenters. The molecule has 1 aromatic rings. The van der Waals surface area contributed by atoms with Crippen LogP contribution in [-0.2, 0) is 14.3 Å². The molecule has 1 saturated carbocycles. The zero-order valence-corrected chi connectivity index (χ0v) is 15.0. The van der Waals surface area contributed by atoms with Gasteiger partial charge in [-0.05, 0) is 55.5 Å².